The Morgan fingerprint density at radius 1 is 1.23 bits per heavy atom. The molecule has 0 aliphatic rings. The van der Waals surface area contributed by atoms with E-state index >= 15 is 0 Å². The van der Waals surface area contributed by atoms with Crippen LogP contribution in [0, 0.1) is 0 Å². The average molecular weight is 389 g/mol. The molecule has 1 aromatic heterocycles. The highest BCUT2D eigenvalue weighted by atomic mass is 35.5. The Kier molecular flexibility index (Phi) is 5.96. The molecule has 0 amide bonds. The summed E-state index contributed by atoms with van der Waals surface area (Å²) in [7, 11) is 0. The van der Waals surface area contributed by atoms with Gasteiger partial charge in [-0.3, -0.25) is 4.79 Å². The van der Waals surface area contributed by atoms with Crippen LogP contribution in [0.25, 0.3) is 11.5 Å². The number of aromatic nitrogens is 2. The number of hydrogen-bond acceptors (Lipinski definition) is 6. The van der Waals surface area contributed by atoms with E-state index in [1.165, 1.54) is 11.8 Å². The number of nitrogens with zero attached hydrogens (tertiary/aromatic N) is 2. The Morgan fingerprint density at radius 3 is 2.69 bits per heavy atom. The second-order valence-electron chi connectivity index (χ2n) is 5.47. The van der Waals surface area contributed by atoms with Gasteiger partial charge < -0.3 is 9.15 Å². The van der Waals surface area contributed by atoms with E-state index in [0.29, 0.717) is 28.3 Å². The summed E-state index contributed by atoms with van der Waals surface area (Å²) in [5.41, 5.74) is 1.35. The fraction of sp³-hybridized carbons (Fsp3) is 0.211. The number of halogens is 1. The number of hydrogen-bond donors (Lipinski definition) is 0. The Bertz CT molecular complexity index is 896. The Hall–Kier alpha value is -2.31. The first kappa shape index (κ1) is 18.5. The molecule has 7 heteroatoms. The Morgan fingerprint density at radius 2 is 2.00 bits per heavy atom. The Labute approximate surface area is 160 Å². The topological polar surface area (TPSA) is 65.2 Å². The minimum Gasteiger partial charge on any atom is -0.494 e. The lowest BCUT2D eigenvalue weighted by molar-refractivity contribution is 0.0993. The first-order valence-electron chi connectivity index (χ1n) is 8.10. The van der Waals surface area contributed by atoms with Crippen molar-refractivity contribution in [2.45, 2.75) is 24.3 Å². The smallest absolute Gasteiger partial charge is 0.277 e. The first-order valence-corrected chi connectivity index (χ1v) is 9.35. The van der Waals surface area contributed by atoms with Gasteiger partial charge >= 0.3 is 0 Å². The molecule has 0 bridgehead atoms. The van der Waals surface area contributed by atoms with Gasteiger partial charge in [-0.1, -0.05) is 29.4 Å². The number of thioether (sulfide) groups is 1. The van der Waals surface area contributed by atoms with Crippen molar-refractivity contribution >= 4 is 29.1 Å². The highest BCUT2D eigenvalue weighted by Gasteiger charge is 2.20. The molecule has 0 N–H and O–H groups in total. The second kappa shape index (κ2) is 8.38. The van der Waals surface area contributed by atoms with Crippen LogP contribution in [-0.4, -0.2) is 27.8 Å². The maximum Gasteiger partial charge on any atom is 0.277 e. The molecule has 0 radical (unpaired) electrons. The zero-order valence-electron chi connectivity index (χ0n) is 14.3. The van der Waals surface area contributed by atoms with Gasteiger partial charge in [-0.05, 0) is 56.3 Å². The lowest BCUT2D eigenvalue weighted by Gasteiger charge is -2.08. The minimum atomic E-state index is -0.361. The number of carbonyl (C=O) groups is 1. The third kappa shape index (κ3) is 4.45. The van der Waals surface area contributed by atoms with E-state index in [9.17, 15) is 4.79 Å². The molecule has 1 atom stereocenters. The van der Waals surface area contributed by atoms with Crippen LogP contribution in [0.3, 0.4) is 0 Å². The summed E-state index contributed by atoms with van der Waals surface area (Å²) in [5.74, 6) is 1.10. The standard InChI is InChI=1S/C19H17ClN2O3S/c1-3-24-16-9-7-13(8-10-16)17(23)12(2)26-19-22-21-18(25-19)14-5-4-6-15(20)11-14/h4-12H,3H2,1-2H3/t12-/m1/s1. The van der Waals surface area contributed by atoms with Gasteiger partial charge in [-0.25, -0.2) is 0 Å². The van der Waals surface area contributed by atoms with E-state index in [-0.39, 0.29) is 11.0 Å². The molecule has 2 aromatic carbocycles. The summed E-state index contributed by atoms with van der Waals surface area (Å²) in [6.45, 7) is 4.32. The summed E-state index contributed by atoms with van der Waals surface area (Å²) < 4.78 is 11.0. The molecule has 0 spiro atoms. The van der Waals surface area contributed by atoms with Crippen LogP contribution in [0.1, 0.15) is 24.2 Å². The number of Topliss-reactive ketones (excluding diaryl/α,β-unsaturated/α-hetero) is 1. The summed E-state index contributed by atoms with van der Waals surface area (Å²) >= 11 is 7.20. The Balaban J connectivity index is 1.67. The van der Waals surface area contributed by atoms with Crippen LogP contribution < -0.4 is 4.74 Å². The molecule has 0 fully saturated rings. The van der Waals surface area contributed by atoms with E-state index in [1.807, 2.05) is 26.0 Å². The molecular formula is C19H17ClN2O3S. The molecule has 134 valence electrons. The van der Waals surface area contributed by atoms with Crippen molar-refractivity contribution in [1.82, 2.24) is 10.2 Å². The van der Waals surface area contributed by atoms with Crippen molar-refractivity contribution in [2.24, 2.45) is 0 Å². The van der Waals surface area contributed by atoms with Gasteiger partial charge in [-0.15, -0.1) is 10.2 Å². The van der Waals surface area contributed by atoms with Crippen LogP contribution >= 0.6 is 23.4 Å². The summed E-state index contributed by atoms with van der Waals surface area (Å²) in [6.07, 6.45) is 0. The van der Waals surface area contributed by atoms with Gasteiger partial charge in [-0.2, -0.15) is 0 Å². The molecule has 3 rings (SSSR count). The van der Waals surface area contributed by atoms with Crippen LogP contribution in [-0.2, 0) is 0 Å². The van der Waals surface area contributed by atoms with Crippen molar-refractivity contribution in [1.29, 1.82) is 0 Å². The van der Waals surface area contributed by atoms with E-state index in [2.05, 4.69) is 10.2 Å². The van der Waals surface area contributed by atoms with E-state index in [1.54, 1.807) is 36.4 Å². The molecule has 0 unspecified atom stereocenters. The number of ether oxygens (including phenoxy) is 1. The number of carbonyl (C=O) groups excluding carboxylic acids is 1. The van der Waals surface area contributed by atoms with Crippen molar-refractivity contribution in [3.8, 4) is 17.2 Å². The second-order valence-corrected chi connectivity index (χ2v) is 7.19. The quantitative estimate of drug-likeness (QED) is 0.412. The molecule has 0 aliphatic carbocycles. The van der Waals surface area contributed by atoms with Crippen LogP contribution in [0.2, 0.25) is 5.02 Å². The van der Waals surface area contributed by atoms with Gasteiger partial charge in [0.1, 0.15) is 5.75 Å². The fourth-order valence-electron chi connectivity index (χ4n) is 2.32. The molecule has 0 aliphatic heterocycles. The number of benzene rings is 2. The summed E-state index contributed by atoms with van der Waals surface area (Å²) in [5, 5.41) is 8.60. The van der Waals surface area contributed by atoms with E-state index in [0.717, 1.165) is 11.3 Å². The van der Waals surface area contributed by atoms with Crippen molar-refractivity contribution < 1.29 is 13.9 Å². The number of rotatable bonds is 7. The van der Waals surface area contributed by atoms with Crippen molar-refractivity contribution in [3.05, 3.63) is 59.1 Å². The molecule has 3 aromatic rings. The summed E-state index contributed by atoms with van der Waals surface area (Å²) in [6, 6.07) is 14.3. The van der Waals surface area contributed by atoms with E-state index < -0.39 is 0 Å². The maximum atomic E-state index is 12.6. The van der Waals surface area contributed by atoms with E-state index in [4.69, 9.17) is 20.8 Å². The van der Waals surface area contributed by atoms with Gasteiger partial charge in [0.2, 0.25) is 5.89 Å². The van der Waals surface area contributed by atoms with Crippen LogP contribution in [0.5, 0.6) is 5.75 Å². The molecule has 5 nitrogen and oxygen atoms in total. The van der Waals surface area contributed by atoms with Gasteiger partial charge in [0.15, 0.2) is 5.78 Å². The van der Waals surface area contributed by atoms with Gasteiger partial charge in [0.05, 0.1) is 11.9 Å². The highest BCUT2D eigenvalue weighted by molar-refractivity contribution is 8.00. The predicted molar refractivity (Wildman–Crippen MR) is 102 cm³/mol. The molecule has 26 heavy (non-hydrogen) atoms. The van der Waals surface area contributed by atoms with Gasteiger partial charge in [0.25, 0.3) is 5.22 Å². The highest BCUT2D eigenvalue weighted by Crippen LogP contribution is 2.29. The average Bonchev–Trinajstić information content (AvgIpc) is 3.10. The first-order chi connectivity index (χ1) is 12.6. The fourth-order valence-corrected chi connectivity index (χ4v) is 3.27. The molecule has 1 heterocycles. The largest absolute Gasteiger partial charge is 0.494 e. The zero-order chi connectivity index (χ0) is 18.5. The molecule has 0 saturated heterocycles. The van der Waals surface area contributed by atoms with Crippen molar-refractivity contribution in [2.75, 3.05) is 6.61 Å². The predicted octanol–water partition coefficient (Wildman–Crippen LogP) is 5.15. The third-order valence-corrected chi connectivity index (χ3v) is 4.74. The lowest BCUT2D eigenvalue weighted by Crippen LogP contribution is -2.13. The molecular weight excluding hydrogens is 372 g/mol. The third-order valence-electron chi connectivity index (χ3n) is 3.57. The van der Waals surface area contributed by atoms with Crippen LogP contribution in [0.15, 0.2) is 58.2 Å². The minimum absolute atomic E-state index is 0.0134. The monoisotopic (exact) mass is 388 g/mol. The van der Waals surface area contributed by atoms with Crippen molar-refractivity contribution in [3.63, 3.8) is 0 Å². The zero-order valence-corrected chi connectivity index (χ0v) is 15.9. The van der Waals surface area contributed by atoms with Crippen LogP contribution in [0.4, 0.5) is 0 Å². The number of ketones is 1. The maximum absolute atomic E-state index is 12.6. The summed E-state index contributed by atoms with van der Waals surface area (Å²) in [4.78, 5) is 12.6. The normalized spacial score (nSPS) is 12.0. The van der Waals surface area contributed by atoms with Gasteiger partial charge in [0, 0.05) is 16.1 Å². The molecule has 0 saturated carbocycles. The SMILES string of the molecule is CCOc1ccc(C(=O)[C@@H](C)Sc2nnc(-c3cccc(Cl)c3)o2)cc1. The lowest BCUT2D eigenvalue weighted by atomic mass is 10.1.